The number of carbonyl (C=O) groups is 1. The van der Waals surface area contributed by atoms with Crippen LogP contribution in [0.1, 0.15) is 24.3 Å². The summed E-state index contributed by atoms with van der Waals surface area (Å²) in [5, 5.41) is 3.04. The van der Waals surface area contributed by atoms with Crippen LogP contribution < -0.4 is 5.32 Å². The molecule has 4 heteroatoms. The van der Waals surface area contributed by atoms with Gasteiger partial charge < -0.3 is 5.32 Å². The van der Waals surface area contributed by atoms with E-state index in [9.17, 15) is 4.79 Å². The predicted octanol–water partition coefficient (Wildman–Crippen LogP) is 3.21. The van der Waals surface area contributed by atoms with E-state index >= 15 is 0 Å². The molecule has 1 aromatic rings. The normalized spacial score (nSPS) is 17.8. The van der Waals surface area contributed by atoms with Crippen molar-refractivity contribution in [1.29, 1.82) is 0 Å². The second-order valence-corrected chi connectivity index (χ2v) is 6.23. The number of nitrogens with one attached hydrogen (secondary N) is 1. The molecule has 1 unspecified atom stereocenters. The lowest BCUT2D eigenvalue weighted by Crippen LogP contribution is -2.30. The average Bonchev–Trinajstić information content (AvgIpc) is 2.78. The number of hydrogen-bond acceptors (Lipinski definition) is 2. The number of fused-ring (bicyclic) bond motifs is 1. The number of carbonyl (C=O) groups excluding carboxylic acids is 1. The Morgan fingerprint density at radius 3 is 3.06 bits per heavy atom. The first-order chi connectivity index (χ1) is 8.33. The molecule has 2 nitrogen and oxygen atoms in total. The van der Waals surface area contributed by atoms with Crippen molar-refractivity contribution in [3.63, 3.8) is 0 Å². The van der Waals surface area contributed by atoms with Crippen molar-refractivity contribution in [1.82, 2.24) is 5.32 Å². The zero-order valence-electron chi connectivity index (χ0n) is 9.62. The van der Waals surface area contributed by atoms with Crippen LogP contribution in [0, 0.1) is 0 Å². The molecule has 1 aromatic carbocycles. The Morgan fingerprint density at radius 1 is 1.41 bits per heavy atom. The summed E-state index contributed by atoms with van der Waals surface area (Å²) in [6.07, 6.45) is 2.26. The number of hydrogen-bond donors (Lipinski definition) is 1. The molecule has 0 saturated heterocycles. The maximum atomic E-state index is 12.0. The van der Waals surface area contributed by atoms with Crippen LogP contribution in [0.5, 0.6) is 0 Å². The molecule has 0 fully saturated rings. The molecule has 2 rings (SSSR count). The number of rotatable bonds is 5. The van der Waals surface area contributed by atoms with Gasteiger partial charge in [-0.05, 0) is 28.9 Å². The molecule has 1 aliphatic heterocycles. The Bertz CT molecular complexity index is 397. The van der Waals surface area contributed by atoms with Crippen LogP contribution in [0.3, 0.4) is 0 Å². The van der Waals surface area contributed by atoms with Crippen molar-refractivity contribution >= 4 is 40.3 Å². The standard InChI is InChI=1S/C13H16INOS/c14-7-3-4-8-15-13(16)11-9-17-12-6-2-1-5-10(11)12/h1-2,5-6,11H,3-4,7-9H2,(H,15,16). The van der Waals surface area contributed by atoms with Crippen LogP contribution in [0.15, 0.2) is 29.2 Å². The third-order valence-corrected chi connectivity index (χ3v) is 4.82. The molecule has 0 aliphatic carbocycles. The maximum absolute atomic E-state index is 12.0. The summed E-state index contributed by atoms with van der Waals surface area (Å²) in [6.45, 7) is 0.811. The number of unbranched alkanes of at least 4 members (excludes halogenated alkanes) is 1. The number of alkyl halides is 1. The lowest BCUT2D eigenvalue weighted by atomic mass is 10.0. The Kier molecular flexibility index (Phi) is 5.16. The van der Waals surface area contributed by atoms with Crippen LogP contribution in [0.25, 0.3) is 0 Å². The Balaban J connectivity index is 1.89. The summed E-state index contributed by atoms with van der Waals surface area (Å²) in [5.41, 5.74) is 1.20. The third-order valence-electron chi connectivity index (χ3n) is 2.88. The number of thioether (sulfide) groups is 1. The number of benzene rings is 1. The molecule has 0 bridgehead atoms. The van der Waals surface area contributed by atoms with Gasteiger partial charge in [-0.15, -0.1) is 11.8 Å². The van der Waals surface area contributed by atoms with Gasteiger partial charge in [-0.2, -0.15) is 0 Å². The van der Waals surface area contributed by atoms with E-state index in [0.29, 0.717) is 0 Å². The second-order valence-electron chi connectivity index (χ2n) is 4.09. The van der Waals surface area contributed by atoms with E-state index in [1.807, 2.05) is 12.1 Å². The van der Waals surface area contributed by atoms with Crippen LogP contribution in [-0.4, -0.2) is 22.6 Å². The molecule has 1 atom stereocenters. The zero-order valence-corrected chi connectivity index (χ0v) is 12.6. The fourth-order valence-electron chi connectivity index (χ4n) is 1.93. The molecular formula is C13H16INOS. The van der Waals surface area contributed by atoms with Gasteiger partial charge in [0.1, 0.15) is 0 Å². The molecule has 92 valence electrons. The Morgan fingerprint density at radius 2 is 2.24 bits per heavy atom. The van der Waals surface area contributed by atoms with E-state index in [1.54, 1.807) is 11.8 Å². The molecule has 1 aliphatic rings. The van der Waals surface area contributed by atoms with Gasteiger partial charge >= 0.3 is 0 Å². The van der Waals surface area contributed by atoms with Gasteiger partial charge in [0, 0.05) is 17.2 Å². The van der Waals surface area contributed by atoms with Crippen LogP contribution in [0.2, 0.25) is 0 Å². The molecule has 0 aromatic heterocycles. The highest BCUT2D eigenvalue weighted by molar-refractivity contribution is 14.1. The summed E-state index contributed by atoms with van der Waals surface area (Å²) < 4.78 is 1.16. The molecule has 1 N–H and O–H groups in total. The molecule has 17 heavy (non-hydrogen) atoms. The van der Waals surface area contributed by atoms with Gasteiger partial charge in [0.2, 0.25) is 5.91 Å². The minimum Gasteiger partial charge on any atom is -0.356 e. The summed E-state index contributed by atoms with van der Waals surface area (Å²) in [6, 6.07) is 8.22. The molecule has 0 radical (unpaired) electrons. The lowest BCUT2D eigenvalue weighted by Gasteiger charge is -2.11. The van der Waals surface area contributed by atoms with Crippen molar-refractivity contribution in [3.8, 4) is 0 Å². The summed E-state index contributed by atoms with van der Waals surface area (Å²) in [5.74, 6) is 1.13. The molecule has 1 heterocycles. The number of halogens is 1. The van der Waals surface area contributed by atoms with E-state index in [1.165, 1.54) is 16.9 Å². The average molecular weight is 361 g/mol. The van der Waals surface area contributed by atoms with Crippen molar-refractivity contribution in [2.24, 2.45) is 0 Å². The lowest BCUT2D eigenvalue weighted by molar-refractivity contribution is -0.122. The quantitative estimate of drug-likeness (QED) is 0.496. The van der Waals surface area contributed by atoms with E-state index in [0.717, 1.165) is 23.1 Å². The highest BCUT2D eigenvalue weighted by Gasteiger charge is 2.28. The fraction of sp³-hybridized carbons (Fsp3) is 0.462. The summed E-state index contributed by atoms with van der Waals surface area (Å²) in [4.78, 5) is 13.3. The zero-order chi connectivity index (χ0) is 12.1. The van der Waals surface area contributed by atoms with Gasteiger partial charge in [0.25, 0.3) is 0 Å². The first kappa shape index (κ1) is 13.2. The minimum absolute atomic E-state index is 0.0517. The first-order valence-electron chi connectivity index (χ1n) is 5.88. The topological polar surface area (TPSA) is 29.1 Å². The van der Waals surface area contributed by atoms with E-state index in [2.05, 4.69) is 40.0 Å². The number of amides is 1. The Labute approximate surface area is 120 Å². The summed E-state index contributed by atoms with van der Waals surface area (Å²) in [7, 11) is 0. The Hall–Kier alpha value is -0.230. The molecule has 0 saturated carbocycles. The van der Waals surface area contributed by atoms with Gasteiger partial charge in [0.05, 0.1) is 5.92 Å². The second kappa shape index (κ2) is 6.64. The van der Waals surface area contributed by atoms with E-state index < -0.39 is 0 Å². The highest BCUT2D eigenvalue weighted by atomic mass is 127. The fourth-order valence-corrected chi connectivity index (χ4v) is 3.70. The van der Waals surface area contributed by atoms with Gasteiger partial charge in [-0.25, -0.2) is 0 Å². The first-order valence-corrected chi connectivity index (χ1v) is 8.39. The van der Waals surface area contributed by atoms with Crippen molar-refractivity contribution in [2.75, 3.05) is 16.7 Å². The highest BCUT2D eigenvalue weighted by Crippen LogP contribution is 2.39. The van der Waals surface area contributed by atoms with Crippen LogP contribution in [0.4, 0.5) is 0 Å². The largest absolute Gasteiger partial charge is 0.356 e. The summed E-state index contributed by atoms with van der Waals surface area (Å²) >= 11 is 4.15. The van der Waals surface area contributed by atoms with Gasteiger partial charge in [-0.3, -0.25) is 4.79 Å². The molecule has 0 spiro atoms. The van der Waals surface area contributed by atoms with E-state index in [4.69, 9.17) is 0 Å². The molecule has 1 amide bonds. The monoisotopic (exact) mass is 361 g/mol. The molecular weight excluding hydrogens is 345 g/mol. The van der Waals surface area contributed by atoms with Gasteiger partial charge in [-0.1, -0.05) is 40.8 Å². The smallest absolute Gasteiger partial charge is 0.228 e. The third kappa shape index (κ3) is 3.37. The van der Waals surface area contributed by atoms with Crippen LogP contribution in [-0.2, 0) is 4.79 Å². The van der Waals surface area contributed by atoms with E-state index in [-0.39, 0.29) is 11.8 Å². The van der Waals surface area contributed by atoms with Crippen molar-refractivity contribution < 1.29 is 4.79 Å². The van der Waals surface area contributed by atoms with Crippen molar-refractivity contribution in [3.05, 3.63) is 29.8 Å². The van der Waals surface area contributed by atoms with Crippen molar-refractivity contribution in [2.45, 2.75) is 23.7 Å². The predicted molar refractivity (Wildman–Crippen MR) is 81.0 cm³/mol. The SMILES string of the molecule is O=C(NCCCCI)C1CSc2ccccc21. The van der Waals surface area contributed by atoms with Crippen LogP contribution >= 0.6 is 34.4 Å². The maximum Gasteiger partial charge on any atom is 0.228 e. The van der Waals surface area contributed by atoms with Gasteiger partial charge in [0.15, 0.2) is 0 Å². The minimum atomic E-state index is 0.0517.